The fraction of sp³-hybridized carbons (Fsp3) is 0.231. The Morgan fingerprint density at radius 2 is 1.89 bits per heavy atom. The number of nitrogens with zero attached hydrogens (tertiary/aromatic N) is 2. The highest BCUT2D eigenvalue weighted by Crippen LogP contribution is 2.24. The van der Waals surface area contributed by atoms with Gasteiger partial charge in [0.1, 0.15) is 4.60 Å². The molecular weight excluding hydrogens is 292 g/mol. The van der Waals surface area contributed by atoms with Gasteiger partial charge in [-0.15, -0.1) is 0 Å². The smallest absolute Gasteiger partial charge is 0.170 e. The zero-order chi connectivity index (χ0) is 13.1. The summed E-state index contributed by atoms with van der Waals surface area (Å²) in [5.74, 6) is 1.02. The molecule has 0 saturated carbocycles. The predicted molar refractivity (Wildman–Crippen MR) is 77.4 cm³/mol. The predicted octanol–water partition coefficient (Wildman–Crippen LogP) is 3.30. The van der Waals surface area contributed by atoms with Gasteiger partial charge >= 0.3 is 0 Å². The molecule has 0 aliphatic rings. The lowest BCUT2D eigenvalue weighted by Crippen LogP contribution is -2.11. The molecule has 1 aromatic heterocycles. The number of nitrogen functional groups attached to an aromatic ring is 1. The molecule has 2 aromatic rings. The van der Waals surface area contributed by atoms with Gasteiger partial charge in [0, 0.05) is 0 Å². The van der Waals surface area contributed by atoms with Crippen LogP contribution in [0.1, 0.15) is 24.2 Å². The van der Waals surface area contributed by atoms with Gasteiger partial charge in [0.2, 0.25) is 0 Å². The second-order valence-corrected chi connectivity index (χ2v) is 4.86. The first-order valence-electron chi connectivity index (χ1n) is 5.69. The standard InChI is InChI=1S/C13H15BrN4/c1-8(10-6-4-3-5-7-10)17-13-12(15)16-9(2)11(14)18-13/h3-8H,1-2H3,(H2,15,16)(H,17,18)/t8-/m1/s1. The number of benzene rings is 1. The number of rotatable bonds is 3. The number of anilines is 2. The molecule has 0 bridgehead atoms. The van der Waals surface area contributed by atoms with Gasteiger partial charge in [-0.3, -0.25) is 0 Å². The molecule has 2 rings (SSSR count). The third-order valence-electron chi connectivity index (χ3n) is 2.69. The second-order valence-electron chi connectivity index (χ2n) is 4.11. The zero-order valence-electron chi connectivity index (χ0n) is 10.3. The number of hydrogen-bond acceptors (Lipinski definition) is 4. The molecule has 3 N–H and O–H groups in total. The first-order valence-corrected chi connectivity index (χ1v) is 6.48. The van der Waals surface area contributed by atoms with Crippen molar-refractivity contribution in [3.63, 3.8) is 0 Å². The van der Waals surface area contributed by atoms with Crippen LogP contribution in [0.3, 0.4) is 0 Å². The van der Waals surface area contributed by atoms with E-state index in [1.165, 1.54) is 5.56 Å². The van der Waals surface area contributed by atoms with Gasteiger partial charge in [-0.05, 0) is 35.3 Å². The van der Waals surface area contributed by atoms with Crippen molar-refractivity contribution in [2.45, 2.75) is 19.9 Å². The van der Waals surface area contributed by atoms with E-state index in [1.54, 1.807) is 0 Å². The third kappa shape index (κ3) is 2.79. The molecular formula is C13H15BrN4. The lowest BCUT2D eigenvalue weighted by molar-refractivity contribution is 0.869. The van der Waals surface area contributed by atoms with Crippen LogP contribution in [-0.4, -0.2) is 9.97 Å². The summed E-state index contributed by atoms with van der Waals surface area (Å²) in [4.78, 5) is 8.58. The Morgan fingerprint density at radius 1 is 1.22 bits per heavy atom. The summed E-state index contributed by atoms with van der Waals surface area (Å²) in [6.07, 6.45) is 0. The summed E-state index contributed by atoms with van der Waals surface area (Å²) in [7, 11) is 0. The van der Waals surface area contributed by atoms with Crippen molar-refractivity contribution in [2.24, 2.45) is 0 Å². The maximum Gasteiger partial charge on any atom is 0.170 e. The highest BCUT2D eigenvalue weighted by atomic mass is 79.9. The summed E-state index contributed by atoms with van der Waals surface area (Å²) in [6, 6.07) is 10.3. The summed E-state index contributed by atoms with van der Waals surface area (Å²) < 4.78 is 0.708. The van der Waals surface area contributed by atoms with E-state index in [-0.39, 0.29) is 6.04 Å². The van der Waals surface area contributed by atoms with Gasteiger partial charge in [-0.2, -0.15) is 0 Å². The molecule has 1 atom stereocenters. The molecule has 18 heavy (non-hydrogen) atoms. The van der Waals surface area contributed by atoms with Crippen LogP contribution in [0.2, 0.25) is 0 Å². The molecule has 0 unspecified atom stereocenters. The minimum atomic E-state index is 0.123. The van der Waals surface area contributed by atoms with Crippen LogP contribution in [0, 0.1) is 6.92 Å². The van der Waals surface area contributed by atoms with Crippen LogP contribution in [-0.2, 0) is 0 Å². The molecule has 0 radical (unpaired) electrons. The number of aromatic nitrogens is 2. The van der Waals surface area contributed by atoms with Gasteiger partial charge in [-0.25, -0.2) is 9.97 Å². The SMILES string of the molecule is Cc1nc(N)c(N[C@H](C)c2ccccc2)nc1Br. The van der Waals surface area contributed by atoms with Crippen LogP contribution in [0.15, 0.2) is 34.9 Å². The van der Waals surface area contributed by atoms with E-state index in [9.17, 15) is 0 Å². The van der Waals surface area contributed by atoms with Crippen molar-refractivity contribution in [1.29, 1.82) is 0 Å². The fourth-order valence-electron chi connectivity index (χ4n) is 1.65. The van der Waals surface area contributed by atoms with Gasteiger partial charge in [0.25, 0.3) is 0 Å². The highest BCUT2D eigenvalue weighted by Gasteiger charge is 2.11. The Morgan fingerprint density at radius 3 is 2.56 bits per heavy atom. The topological polar surface area (TPSA) is 63.8 Å². The Balaban J connectivity index is 2.22. The third-order valence-corrected chi connectivity index (χ3v) is 3.44. The van der Waals surface area contributed by atoms with Crippen LogP contribution < -0.4 is 11.1 Å². The Labute approximate surface area is 115 Å². The molecule has 5 heteroatoms. The van der Waals surface area contributed by atoms with E-state index < -0.39 is 0 Å². The van der Waals surface area contributed by atoms with Crippen molar-refractivity contribution in [2.75, 3.05) is 11.1 Å². The summed E-state index contributed by atoms with van der Waals surface area (Å²) in [5.41, 5.74) is 7.82. The lowest BCUT2D eigenvalue weighted by Gasteiger charge is -2.16. The van der Waals surface area contributed by atoms with E-state index in [0.717, 1.165) is 5.69 Å². The molecule has 0 aliphatic heterocycles. The number of aryl methyl sites for hydroxylation is 1. The number of nitrogens with two attached hydrogens (primary N) is 1. The number of hydrogen-bond donors (Lipinski definition) is 2. The molecule has 94 valence electrons. The number of nitrogens with one attached hydrogen (secondary N) is 1. The van der Waals surface area contributed by atoms with Crippen LogP contribution in [0.5, 0.6) is 0 Å². The van der Waals surface area contributed by atoms with Gasteiger partial charge in [-0.1, -0.05) is 30.3 Å². The largest absolute Gasteiger partial charge is 0.381 e. The Hall–Kier alpha value is -1.62. The Kier molecular flexibility index (Phi) is 3.81. The summed E-state index contributed by atoms with van der Waals surface area (Å²) in [6.45, 7) is 3.92. The minimum absolute atomic E-state index is 0.123. The molecule has 0 spiro atoms. The first-order chi connectivity index (χ1) is 8.58. The molecule has 0 aliphatic carbocycles. The fourth-order valence-corrected chi connectivity index (χ4v) is 1.92. The van der Waals surface area contributed by atoms with Crippen molar-refractivity contribution >= 4 is 27.6 Å². The quantitative estimate of drug-likeness (QED) is 0.913. The second kappa shape index (κ2) is 5.35. The average Bonchev–Trinajstić information content (AvgIpc) is 2.37. The van der Waals surface area contributed by atoms with E-state index in [0.29, 0.717) is 16.2 Å². The maximum absolute atomic E-state index is 5.86. The molecule has 1 aromatic carbocycles. The van der Waals surface area contributed by atoms with Crippen molar-refractivity contribution in [3.05, 3.63) is 46.2 Å². The average molecular weight is 307 g/mol. The normalized spacial score (nSPS) is 12.2. The highest BCUT2D eigenvalue weighted by molar-refractivity contribution is 9.10. The summed E-state index contributed by atoms with van der Waals surface area (Å²) in [5, 5.41) is 3.27. The van der Waals surface area contributed by atoms with E-state index in [2.05, 4.69) is 50.3 Å². The van der Waals surface area contributed by atoms with Crippen molar-refractivity contribution < 1.29 is 0 Å². The lowest BCUT2D eigenvalue weighted by atomic mass is 10.1. The van der Waals surface area contributed by atoms with Gasteiger partial charge in [0.15, 0.2) is 11.6 Å². The Bertz CT molecular complexity index is 542. The first kappa shape index (κ1) is 12.8. The van der Waals surface area contributed by atoms with Gasteiger partial charge < -0.3 is 11.1 Å². The van der Waals surface area contributed by atoms with Crippen LogP contribution >= 0.6 is 15.9 Å². The van der Waals surface area contributed by atoms with Gasteiger partial charge in [0.05, 0.1) is 11.7 Å². The van der Waals surface area contributed by atoms with Crippen molar-refractivity contribution in [1.82, 2.24) is 9.97 Å². The van der Waals surface area contributed by atoms with Crippen LogP contribution in [0.25, 0.3) is 0 Å². The molecule has 0 fully saturated rings. The van der Waals surface area contributed by atoms with Crippen LogP contribution in [0.4, 0.5) is 11.6 Å². The zero-order valence-corrected chi connectivity index (χ0v) is 11.9. The molecule has 0 amide bonds. The maximum atomic E-state index is 5.86. The number of halogens is 1. The van der Waals surface area contributed by atoms with E-state index in [1.807, 2.05) is 25.1 Å². The van der Waals surface area contributed by atoms with Crippen molar-refractivity contribution in [3.8, 4) is 0 Å². The van der Waals surface area contributed by atoms with E-state index in [4.69, 9.17) is 5.73 Å². The minimum Gasteiger partial charge on any atom is -0.381 e. The molecule has 4 nitrogen and oxygen atoms in total. The molecule has 0 saturated heterocycles. The van der Waals surface area contributed by atoms with E-state index >= 15 is 0 Å². The summed E-state index contributed by atoms with van der Waals surface area (Å²) >= 11 is 3.36. The monoisotopic (exact) mass is 306 g/mol. The molecule has 1 heterocycles.